The lowest BCUT2D eigenvalue weighted by Gasteiger charge is -2.14. The molecule has 1 rings (SSSR count). The van der Waals surface area contributed by atoms with Gasteiger partial charge in [0.1, 0.15) is 5.15 Å². The van der Waals surface area contributed by atoms with Crippen molar-refractivity contribution in [2.45, 2.75) is 12.5 Å². The minimum atomic E-state index is -0.997. The van der Waals surface area contributed by atoms with Gasteiger partial charge in [0, 0.05) is 24.3 Å². The van der Waals surface area contributed by atoms with Gasteiger partial charge in [-0.25, -0.2) is 4.98 Å². The number of nitrogens with one attached hydrogen (secondary N) is 1. The van der Waals surface area contributed by atoms with Crippen molar-refractivity contribution >= 4 is 39.4 Å². The minimum Gasteiger partial charge on any atom is -0.481 e. The molecule has 0 aliphatic carbocycles. The van der Waals surface area contributed by atoms with Gasteiger partial charge in [-0.2, -0.15) is 0 Å². The standard InChI is InChI=1S/C11H12BrClN2O4/c1-19-7(3-9(16)17)5-15-11(18)8-2-6(12)4-14-10(8)13/h2,4,7H,3,5H2,1H3,(H,15,18)(H,16,17). The Morgan fingerprint density at radius 3 is 2.89 bits per heavy atom. The van der Waals surface area contributed by atoms with E-state index in [1.807, 2.05) is 0 Å². The van der Waals surface area contributed by atoms with Gasteiger partial charge in [0.2, 0.25) is 0 Å². The molecule has 2 N–H and O–H groups in total. The van der Waals surface area contributed by atoms with Gasteiger partial charge in [0.25, 0.3) is 5.91 Å². The van der Waals surface area contributed by atoms with Crippen LogP contribution in [0.1, 0.15) is 16.8 Å². The molecule has 0 radical (unpaired) electrons. The zero-order chi connectivity index (χ0) is 14.4. The summed E-state index contributed by atoms with van der Waals surface area (Å²) in [7, 11) is 1.38. The molecule has 0 aliphatic heterocycles. The Kier molecular flexibility index (Phi) is 6.20. The first-order chi connectivity index (χ1) is 8.93. The number of carboxylic acid groups (broad SMARTS) is 1. The van der Waals surface area contributed by atoms with Crippen molar-refractivity contribution in [2.24, 2.45) is 0 Å². The van der Waals surface area contributed by atoms with Crippen molar-refractivity contribution in [3.63, 3.8) is 0 Å². The van der Waals surface area contributed by atoms with Gasteiger partial charge in [-0.05, 0) is 22.0 Å². The largest absolute Gasteiger partial charge is 0.481 e. The molecular formula is C11H12BrClN2O4. The van der Waals surface area contributed by atoms with E-state index in [-0.39, 0.29) is 23.7 Å². The fourth-order valence-electron chi connectivity index (χ4n) is 1.32. The zero-order valence-corrected chi connectivity index (χ0v) is 12.4. The number of rotatable bonds is 6. The van der Waals surface area contributed by atoms with E-state index in [0.29, 0.717) is 4.47 Å². The number of pyridine rings is 1. The summed E-state index contributed by atoms with van der Waals surface area (Å²) in [6.07, 6.45) is 0.684. The van der Waals surface area contributed by atoms with E-state index in [1.54, 1.807) is 0 Å². The van der Waals surface area contributed by atoms with Crippen molar-refractivity contribution in [1.82, 2.24) is 10.3 Å². The summed E-state index contributed by atoms with van der Waals surface area (Å²) in [5.74, 6) is -1.44. The van der Waals surface area contributed by atoms with Gasteiger partial charge in [0.05, 0.1) is 18.1 Å². The summed E-state index contributed by atoms with van der Waals surface area (Å²) in [4.78, 5) is 26.2. The molecular weight excluding hydrogens is 339 g/mol. The fourth-order valence-corrected chi connectivity index (χ4v) is 1.84. The van der Waals surface area contributed by atoms with Crippen LogP contribution in [0.4, 0.5) is 0 Å². The number of carbonyl (C=O) groups excluding carboxylic acids is 1. The second-order valence-corrected chi connectivity index (χ2v) is 4.93. The summed E-state index contributed by atoms with van der Waals surface area (Å²) in [6, 6.07) is 1.53. The molecule has 1 aromatic rings. The second-order valence-electron chi connectivity index (χ2n) is 3.66. The molecule has 0 saturated heterocycles. The number of hydrogen-bond acceptors (Lipinski definition) is 4. The first-order valence-electron chi connectivity index (χ1n) is 5.28. The molecule has 1 amide bonds. The number of ether oxygens (including phenoxy) is 1. The van der Waals surface area contributed by atoms with Gasteiger partial charge >= 0.3 is 5.97 Å². The third-order valence-corrected chi connectivity index (χ3v) is 3.01. The van der Waals surface area contributed by atoms with Gasteiger partial charge in [-0.3, -0.25) is 9.59 Å². The molecule has 104 valence electrons. The van der Waals surface area contributed by atoms with Crippen molar-refractivity contribution < 1.29 is 19.4 Å². The van der Waals surface area contributed by atoms with Crippen molar-refractivity contribution in [3.05, 3.63) is 27.5 Å². The van der Waals surface area contributed by atoms with Gasteiger partial charge in [0.15, 0.2) is 0 Å². The number of aromatic nitrogens is 1. The average Bonchev–Trinajstić information content (AvgIpc) is 2.36. The first kappa shape index (κ1) is 15.9. The predicted octanol–water partition coefficient (Wildman–Crippen LogP) is 1.72. The highest BCUT2D eigenvalue weighted by molar-refractivity contribution is 9.10. The highest BCUT2D eigenvalue weighted by Crippen LogP contribution is 2.17. The van der Waals surface area contributed by atoms with Gasteiger partial charge < -0.3 is 15.2 Å². The van der Waals surface area contributed by atoms with Crippen LogP contribution in [0.3, 0.4) is 0 Å². The highest BCUT2D eigenvalue weighted by Gasteiger charge is 2.16. The van der Waals surface area contributed by atoms with E-state index in [0.717, 1.165) is 0 Å². The molecule has 0 saturated carbocycles. The Balaban J connectivity index is 2.64. The van der Waals surface area contributed by atoms with Crippen molar-refractivity contribution in [3.8, 4) is 0 Å². The molecule has 8 heteroatoms. The normalized spacial score (nSPS) is 11.9. The highest BCUT2D eigenvalue weighted by atomic mass is 79.9. The lowest BCUT2D eigenvalue weighted by atomic mass is 10.2. The maximum atomic E-state index is 11.9. The van der Waals surface area contributed by atoms with Gasteiger partial charge in [-0.15, -0.1) is 0 Å². The number of hydrogen-bond donors (Lipinski definition) is 2. The molecule has 0 fully saturated rings. The molecule has 0 aromatic carbocycles. The summed E-state index contributed by atoms with van der Waals surface area (Å²) in [6.45, 7) is 0.0739. The van der Waals surface area contributed by atoms with Gasteiger partial charge in [-0.1, -0.05) is 11.6 Å². The van der Waals surface area contributed by atoms with E-state index in [9.17, 15) is 9.59 Å². The summed E-state index contributed by atoms with van der Waals surface area (Å²) in [5, 5.41) is 11.3. The fraction of sp³-hybridized carbons (Fsp3) is 0.364. The average molecular weight is 352 g/mol. The Bertz CT molecular complexity index is 484. The third kappa shape index (κ3) is 5.14. The molecule has 1 atom stereocenters. The van der Waals surface area contributed by atoms with E-state index in [1.165, 1.54) is 19.4 Å². The van der Waals surface area contributed by atoms with E-state index in [2.05, 4.69) is 26.2 Å². The number of carbonyl (C=O) groups is 2. The van der Waals surface area contributed by atoms with Crippen LogP contribution in [0.15, 0.2) is 16.7 Å². The summed E-state index contributed by atoms with van der Waals surface area (Å²) >= 11 is 8.99. The van der Waals surface area contributed by atoms with Crippen LogP contribution >= 0.6 is 27.5 Å². The van der Waals surface area contributed by atoms with Crippen molar-refractivity contribution in [2.75, 3.05) is 13.7 Å². The zero-order valence-electron chi connectivity index (χ0n) is 10.0. The molecule has 1 aromatic heterocycles. The minimum absolute atomic E-state index is 0.0739. The molecule has 1 heterocycles. The third-order valence-electron chi connectivity index (χ3n) is 2.28. The van der Waals surface area contributed by atoms with Crippen LogP contribution in [-0.2, 0) is 9.53 Å². The first-order valence-corrected chi connectivity index (χ1v) is 6.45. The number of carboxylic acids is 1. The lowest BCUT2D eigenvalue weighted by molar-refractivity contribution is -0.139. The molecule has 0 bridgehead atoms. The van der Waals surface area contributed by atoms with Crippen LogP contribution in [0.5, 0.6) is 0 Å². The topological polar surface area (TPSA) is 88.5 Å². The molecule has 0 spiro atoms. The molecule has 19 heavy (non-hydrogen) atoms. The molecule has 6 nitrogen and oxygen atoms in total. The predicted molar refractivity (Wildman–Crippen MR) is 72.3 cm³/mol. The molecule has 0 aliphatic rings. The number of methoxy groups -OCH3 is 1. The van der Waals surface area contributed by atoms with Crippen LogP contribution in [0, 0.1) is 0 Å². The van der Waals surface area contributed by atoms with Crippen LogP contribution in [0.2, 0.25) is 5.15 Å². The summed E-state index contributed by atoms with van der Waals surface area (Å²) in [5.41, 5.74) is 0.209. The number of aliphatic carboxylic acids is 1. The Morgan fingerprint density at radius 1 is 1.63 bits per heavy atom. The number of nitrogens with zero attached hydrogens (tertiary/aromatic N) is 1. The van der Waals surface area contributed by atoms with Crippen LogP contribution in [0.25, 0.3) is 0 Å². The second kappa shape index (κ2) is 7.42. The van der Waals surface area contributed by atoms with Crippen LogP contribution < -0.4 is 5.32 Å². The van der Waals surface area contributed by atoms with E-state index < -0.39 is 18.0 Å². The maximum Gasteiger partial charge on any atom is 0.306 e. The maximum absolute atomic E-state index is 11.9. The summed E-state index contributed by atoms with van der Waals surface area (Å²) < 4.78 is 5.57. The molecule has 1 unspecified atom stereocenters. The number of amides is 1. The van der Waals surface area contributed by atoms with Crippen molar-refractivity contribution in [1.29, 1.82) is 0 Å². The van der Waals surface area contributed by atoms with E-state index in [4.69, 9.17) is 21.4 Å². The monoisotopic (exact) mass is 350 g/mol. The SMILES string of the molecule is COC(CNC(=O)c1cc(Br)cnc1Cl)CC(=O)O. The van der Waals surface area contributed by atoms with Crippen LogP contribution in [-0.4, -0.2) is 41.7 Å². The Hall–Kier alpha value is -1.18. The lowest BCUT2D eigenvalue weighted by Crippen LogP contribution is -2.34. The Labute approximate surface area is 123 Å². The Morgan fingerprint density at radius 2 is 2.32 bits per heavy atom. The van der Waals surface area contributed by atoms with E-state index >= 15 is 0 Å². The smallest absolute Gasteiger partial charge is 0.306 e. The quantitative estimate of drug-likeness (QED) is 0.762. The number of halogens is 2.